The number of aromatic nitrogens is 2. The average Bonchev–Trinajstić information content (AvgIpc) is 2.97. The number of H-pyrrole nitrogens is 1. The Morgan fingerprint density at radius 3 is 3.05 bits per heavy atom. The van der Waals surface area contributed by atoms with Crippen LogP contribution in [0, 0.1) is 0 Å². The summed E-state index contributed by atoms with van der Waals surface area (Å²) in [6.45, 7) is 2.70. The highest BCUT2D eigenvalue weighted by Gasteiger charge is 2.16. The van der Waals surface area contributed by atoms with E-state index in [4.69, 9.17) is 21.1 Å². The molecular weight excluding hydrogens is 278 g/mol. The standard InChI is InChI=1S/C14H16ClN3O2/c15-11-7-10(8-12-14(11)20-6-5-19-12)1-2-16-9-13-17-3-4-18-13/h3-4,7-8,16H,1-2,5-6,9H2,(H,17,18). The van der Waals surface area contributed by atoms with Crippen molar-refractivity contribution in [1.82, 2.24) is 15.3 Å². The summed E-state index contributed by atoms with van der Waals surface area (Å²) in [7, 11) is 0. The van der Waals surface area contributed by atoms with Crippen molar-refractivity contribution < 1.29 is 9.47 Å². The average molecular weight is 294 g/mol. The molecule has 106 valence electrons. The highest BCUT2D eigenvalue weighted by atomic mass is 35.5. The second-order valence-corrected chi connectivity index (χ2v) is 4.97. The predicted octanol–water partition coefficient (Wildman–Crippen LogP) is 2.17. The molecule has 0 atom stereocenters. The van der Waals surface area contributed by atoms with Crippen molar-refractivity contribution in [2.75, 3.05) is 19.8 Å². The van der Waals surface area contributed by atoms with Crippen LogP contribution in [0.4, 0.5) is 0 Å². The van der Waals surface area contributed by atoms with E-state index in [9.17, 15) is 0 Å². The first-order valence-electron chi connectivity index (χ1n) is 6.60. The topological polar surface area (TPSA) is 59.2 Å². The normalized spacial score (nSPS) is 13.4. The maximum Gasteiger partial charge on any atom is 0.179 e. The van der Waals surface area contributed by atoms with Gasteiger partial charge in [0, 0.05) is 12.4 Å². The van der Waals surface area contributed by atoms with Gasteiger partial charge < -0.3 is 19.8 Å². The minimum atomic E-state index is 0.552. The third-order valence-corrected chi connectivity index (χ3v) is 3.38. The number of rotatable bonds is 5. The summed E-state index contributed by atoms with van der Waals surface area (Å²) < 4.78 is 11.1. The van der Waals surface area contributed by atoms with Crippen molar-refractivity contribution in [3.8, 4) is 11.5 Å². The molecule has 0 aliphatic carbocycles. The summed E-state index contributed by atoms with van der Waals surface area (Å²) in [5, 5.41) is 3.94. The Hall–Kier alpha value is -1.72. The molecule has 2 aromatic rings. The van der Waals surface area contributed by atoms with E-state index in [0.29, 0.717) is 24.0 Å². The number of imidazole rings is 1. The summed E-state index contributed by atoms with van der Waals surface area (Å²) in [4.78, 5) is 7.21. The van der Waals surface area contributed by atoms with E-state index in [1.807, 2.05) is 18.3 Å². The lowest BCUT2D eigenvalue weighted by Crippen LogP contribution is -2.18. The molecule has 0 unspecified atom stereocenters. The molecule has 1 aliphatic heterocycles. The summed E-state index contributed by atoms with van der Waals surface area (Å²) in [6, 6.07) is 3.93. The van der Waals surface area contributed by atoms with E-state index < -0.39 is 0 Å². The van der Waals surface area contributed by atoms with Gasteiger partial charge in [-0.05, 0) is 30.7 Å². The Bertz CT molecular complexity index is 572. The van der Waals surface area contributed by atoms with Crippen LogP contribution in [0.1, 0.15) is 11.4 Å². The fourth-order valence-corrected chi connectivity index (χ4v) is 2.43. The molecule has 0 radical (unpaired) electrons. The molecule has 1 aromatic carbocycles. The van der Waals surface area contributed by atoms with Gasteiger partial charge in [0.2, 0.25) is 0 Å². The first-order chi connectivity index (χ1) is 9.83. The second kappa shape index (κ2) is 6.15. The first-order valence-corrected chi connectivity index (χ1v) is 6.98. The lowest BCUT2D eigenvalue weighted by Gasteiger charge is -2.20. The van der Waals surface area contributed by atoms with Crippen LogP contribution in [0.3, 0.4) is 0 Å². The van der Waals surface area contributed by atoms with Crippen LogP contribution >= 0.6 is 11.6 Å². The van der Waals surface area contributed by atoms with E-state index in [2.05, 4.69) is 15.3 Å². The molecule has 3 rings (SSSR count). The maximum atomic E-state index is 6.20. The fraction of sp³-hybridized carbons (Fsp3) is 0.357. The van der Waals surface area contributed by atoms with Gasteiger partial charge in [-0.25, -0.2) is 4.98 Å². The molecule has 6 heteroatoms. The van der Waals surface area contributed by atoms with Crippen molar-refractivity contribution in [3.05, 3.63) is 40.9 Å². The smallest absolute Gasteiger partial charge is 0.179 e. The van der Waals surface area contributed by atoms with Crippen LogP contribution in [-0.2, 0) is 13.0 Å². The number of aromatic amines is 1. The van der Waals surface area contributed by atoms with Gasteiger partial charge in [-0.3, -0.25) is 0 Å². The predicted molar refractivity (Wildman–Crippen MR) is 76.4 cm³/mol. The van der Waals surface area contributed by atoms with E-state index in [1.165, 1.54) is 0 Å². The number of hydrogen-bond donors (Lipinski definition) is 2. The summed E-state index contributed by atoms with van der Waals surface area (Å²) in [6.07, 6.45) is 4.44. The zero-order valence-corrected chi connectivity index (χ0v) is 11.7. The van der Waals surface area contributed by atoms with E-state index in [-0.39, 0.29) is 0 Å². The van der Waals surface area contributed by atoms with Crippen LogP contribution in [0.15, 0.2) is 24.5 Å². The Morgan fingerprint density at radius 1 is 1.30 bits per heavy atom. The molecule has 0 saturated carbocycles. The van der Waals surface area contributed by atoms with Gasteiger partial charge in [0.25, 0.3) is 0 Å². The number of hydrogen-bond acceptors (Lipinski definition) is 4. The Morgan fingerprint density at radius 2 is 2.20 bits per heavy atom. The lowest BCUT2D eigenvalue weighted by molar-refractivity contribution is 0.171. The molecule has 0 saturated heterocycles. The number of benzene rings is 1. The molecule has 0 amide bonds. The van der Waals surface area contributed by atoms with Gasteiger partial charge in [-0.1, -0.05) is 11.6 Å². The van der Waals surface area contributed by atoms with Gasteiger partial charge in [0.05, 0.1) is 11.6 Å². The highest BCUT2D eigenvalue weighted by molar-refractivity contribution is 6.32. The molecule has 0 spiro atoms. The van der Waals surface area contributed by atoms with Crippen LogP contribution < -0.4 is 14.8 Å². The highest BCUT2D eigenvalue weighted by Crippen LogP contribution is 2.38. The van der Waals surface area contributed by atoms with E-state index in [1.54, 1.807) is 6.20 Å². The minimum Gasteiger partial charge on any atom is -0.486 e. The van der Waals surface area contributed by atoms with Crippen LogP contribution in [0.25, 0.3) is 0 Å². The quantitative estimate of drug-likeness (QED) is 0.830. The summed E-state index contributed by atoms with van der Waals surface area (Å²) in [5.74, 6) is 2.33. The van der Waals surface area contributed by atoms with Crippen molar-refractivity contribution in [2.45, 2.75) is 13.0 Å². The van der Waals surface area contributed by atoms with Crippen LogP contribution in [-0.4, -0.2) is 29.7 Å². The molecule has 0 bridgehead atoms. The summed E-state index contributed by atoms with van der Waals surface area (Å²) >= 11 is 6.20. The van der Waals surface area contributed by atoms with E-state index in [0.717, 1.165) is 36.6 Å². The Labute approximate surface area is 122 Å². The van der Waals surface area contributed by atoms with Crippen molar-refractivity contribution in [1.29, 1.82) is 0 Å². The van der Waals surface area contributed by atoms with Gasteiger partial charge >= 0.3 is 0 Å². The van der Waals surface area contributed by atoms with Crippen LogP contribution in [0.5, 0.6) is 11.5 Å². The number of fused-ring (bicyclic) bond motifs is 1. The van der Waals surface area contributed by atoms with Gasteiger partial charge in [0.15, 0.2) is 11.5 Å². The monoisotopic (exact) mass is 293 g/mol. The van der Waals surface area contributed by atoms with Crippen molar-refractivity contribution in [2.24, 2.45) is 0 Å². The largest absolute Gasteiger partial charge is 0.486 e. The van der Waals surface area contributed by atoms with Crippen molar-refractivity contribution in [3.63, 3.8) is 0 Å². The molecule has 2 N–H and O–H groups in total. The van der Waals surface area contributed by atoms with E-state index >= 15 is 0 Å². The zero-order chi connectivity index (χ0) is 13.8. The molecule has 0 fully saturated rings. The Balaban J connectivity index is 1.56. The zero-order valence-electron chi connectivity index (χ0n) is 11.0. The van der Waals surface area contributed by atoms with Gasteiger partial charge in [-0.15, -0.1) is 0 Å². The SMILES string of the molecule is Clc1cc(CCNCc2ncc[nH]2)cc2c1OCCO2. The molecule has 1 aliphatic rings. The fourth-order valence-electron chi connectivity index (χ4n) is 2.14. The third kappa shape index (κ3) is 3.05. The maximum absolute atomic E-state index is 6.20. The molecule has 20 heavy (non-hydrogen) atoms. The molecule has 1 aromatic heterocycles. The number of nitrogens with zero attached hydrogens (tertiary/aromatic N) is 1. The second-order valence-electron chi connectivity index (χ2n) is 4.56. The van der Waals surface area contributed by atoms with Crippen LogP contribution in [0.2, 0.25) is 5.02 Å². The molecule has 5 nitrogen and oxygen atoms in total. The summed E-state index contributed by atoms with van der Waals surface area (Å²) in [5.41, 5.74) is 1.13. The minimum absolute atomic E-state index is 0.552. The van der Waals surface area contributed by atoms with Gasteiger partial charge in [-0.2, -0.15) is 0 Å². The number of ether oxygens (including phenoxy) is 2. The van der Waals surface area contributed by atoms with Crippen molar-refractivity contribution >= 4 is 11.6 Å². The van der Waals surface area contributed by atoms with Gasteiger partial charge in [0.1, 0.15) is 19.0 Å². The molecule has 2 heterocycles. The Kier molecular flexibility index (Phi) is 4.08. The number of nitrogens with one attached hydrogen (secondary N) is 2. The number of halogens is 1. The first kappa shape index (κ1) is 13.3. The molecular formula is C14H16ClN3O2. The third-order valence-electron chi connectivity index (χ3n) is 3.09. The lowest BCUT2D eigenvalue weighted by atomic mass is 10.1.